The topological polar surface area (TPSA) is 21.3 Å². The van der Waals surface area contributed by atoms with Crippen molar-refractivity contribution in [3.8, 4) is 0 Å². The molecule has 0 aliphatic rings. The largest absolute Gasteiger partial charge is 0.382 e. The Kier molecular flexibility index (Phi) is 13.3. The van der Waals surface area contributed by atoms with E-state index in [-0.39, 0.29) is 0 Å². The van der Waals surface area contributed by atoms with Crippen molar-refractivity contribution in [2.45, 2.75) is 78.7 Å². The highest BCUT2D eigenvalue weighted by Gasteiger charge is 2.14. The van der Waals surface area contributed by atoms with E-state index < -0.39 is 0 Å². The highest BCUT2D eigenvalue weighted by Crippen LogP contribution is 2.20. The highest BCUT2D eigenvalue weighted by molar-refractivity contribution is 4.71. The molecular formula is C16H35NO. The summed E-state index contributed by atoms with van der Waals surface area (Å²) in [6.45, 7) is 11.8. The molecule has 0 bridgehead atoms. The molecule has 0 spiro atoms. The zero-order valence-electron chi connectivity index (χ0n) is 13.1. The number of hydrogen-bond donors (Lipinski definition) is 1. The number of unbranched alkanes of at least 4 members (excludes halogenated alkanes) is 1. The first-order valence-corrected chi connectivity index (χ1v) is 8.09. The summed E-state index contributed by atoms with van der Waals surface area (Å²) in [5.74, 6) is 0.904. The van der Waals surface area contributed by atoms with Gasteiger partial charge in [-0.3, -0.25) is 0 Å². The Balaban J connectivity index is 3.89. The Hall–Kier alpha value is -0.0800. The maximum absolute atomic E-state index is 5.43. The highest BCUT2D eigenvalue weighted by atomic mass is 16.5. The molecule has 0 radical (unpaired) electrons. The van der Waals surface area contributed by atoms with Crippen LogP contribution in [0.4, 0.5) is 0 Å². The van der Waals surface area contributed by atoms with Crippen molar-refractivity contribution < 1.29 is 4.74 Å². The summed E-state index contributed by atoms with van der Waals surface area (Å²) >= 11 is 0. The van der Waals surface area contributed by atoms with Crippen LogP contribution in [0, 0.1) is 5.92 Å². The van der Waals surface area contributed by atoms with E-state index in [1.165, 1.54) is 44.9 Å². The van der Waals surface area contributed by atoms with Gasteiger partial charge >= 0.3 is 0 Å². The van der Waals surface area contributed by atoms with Gasteiger partial charge in [0.2, 0.25) is 0 Å². The van der Waals surface area contributed by atoms with Crippen LogP contribution in [0.15, 0.2) is 0 Å². The lowest BCUT2D eigenvalue weighted by Gasteiger charge is -2.23. The molecule has 1 N–H and O–H groups in total. The van der Waals surface area contributed by atoms with E-state index in [2.05, 4.69) is 33.0 Å². The minimum atomic E-state index is 0.692. The fourth-order valence-electron chi connectivity index (χ4n) is 2.55. The number of ether oxygens (including phenoxy) is 1. The fourth-order valence-corrected chi connectivity index (χ4v) is 2.55. The van der Waals surface area contributed by atoms with Crippen LogP contribution in [0.2, 0.25) is 0 Å². The summed E-state index contributed by atoms with van der Waals surface area (Å²) in [5, 5.41) is 3.65. The summed E-state index contributed by atoms with van der Waals surface area (Å²) in [4.78, 5) is 0. The van der Waals surface area contributed by atoms with Crippen molar-refractivity contribution >= 4 is 0 Å². The van der Waals surface area contributed by atoms with E-state index in [1.54, 1.807) is 0 Å². The zero-order valence-corrected chi connectivity index (χ0v) is 13.1. The Morgan fingerprint density at radius 3 is 2.33 bits per heavy atom. The van der Waals surface area contributed by atoms with Gasteiger partial charge in [-0.15, -0.1) is 0 Å². The fraction of sp³-hybridized carbons (Fsp3) is 1.00. The molecule has 2 atom stereocenters. The van der Waals surface area contributed by atoms with Crippen LogP contribution >= 0.6 is 0 Å². The van der Waals surface area contributed by atoms with Crippen molar-refractivity contribution in [1.29, 1.82) is 0 Å². The van der Waals surface area contributed by atoms with Gasteiger partial charge in [-0.2, -0.15) is 0 Å². The average molecular weight is 257 g/mol. The quantitative estimate of drug-likeness (QED) is 0.494. The maximum Gasteiger partial charge on any atom is 0.0466 e. The van der Waals surface area contributed by atoms with Gasteiger partial charge in [-0.05, 0) is 38.6 Å². The first-order chi connectivity index (χ1) is 8.78. The zero-order chi connectivity index (χ0) is 13.6. The number of rotatable bonds is 13. The van der Waals surface area contributed by atoms with Crippen molar-refractivity contribution in [2.24, 2.45) is 5.92 Å². The molecule has 0 aliphatic carbocycles. The Labute approximate surface area is 115 Å². The lowest BCUT2D eigenvalue weighted by molar-refractivity contribution is 0.139. The second-order valence-electron chi connectivity index (χ2n) is 5.25. The summed E-state index contributed by atoms with van der Waals surface area (Å²) in [7, 11) is 0. The standard InChI is InChI=1S/C16H35NO/c1-5-9-11-15(6-2)14-16(17-7-3)12-10-13-18-8-4/h15-17H,5-14H2,1-4H3. The van der Waals surface area contributed by atoms with Gasteiger partial charge < -0.3 is 10.1 Å². The molecule has 110 valence electrons. The molecule has 0 aromatic heterocycles. The van der Waals surface area contributed by atoms with Gasteiger partial charge in [-0.25, -0.2) is 0 Å². The summed E-state index contributed by atoms with van der Waals surface area (Å²) < 4.78 is 5.43. The SMILES string of the molecule is CCCCC(CC)CC(CCCOCC)NCC. The predicted octanol–water partition coefficient (Wildman–Crippen LogP) is 4.39. The van der Waals surface area contributed by atoms with E-state index in [1.807, 2.05) is 0 Å². The molecule has 0 fully saturated rings. The van der Waals surface area contributed by atoms with E-state index >= 15 is 0 Å². The molecular weight excluding hydrogens is 222 g/mol. The Morgan fingerprint density at radius 1 is 1.00 bits per heavy atom. The molecule has 0 saturated carbocycles. The Bertz CT molecular complexity index is 161. The predicted molar refractivity (Wildman–Crippen MR) is 81.1 cm³/mol. The lowest BCUT2D eigenvalue weighted by Crippen LogP contribution is -2.31. The van der Waals surface area contributed by atoms with Crippen LogP contribution < -0.4 is 5.32 Å². The van der Waals surface area contributed by atoms with Crippen molar-refractivity contribution in [1.82, 2.24) is 5.32 Å². The third-order valence-electron chi connectivity index (χ3n) is 3.70. The van der Waals surface area contributed by atoms with Gasteiger partial charge in [0.15, 0.2) is 0 Å². The number of hydrogen-bond acceptors (Lipinski definition) is 2. The smallest absolute Gasteiger partial charge is 0.0466 e. The molecule has 2 nitrogen and oxygen atoms in total. The number of nitrogens with one attached hydrogen (secondary N) is 1. The molecule has 2 heteroatoms. The molecule has 0 aromatic carbocycles. The third-order valence-corrected chi connectivity index (χ3v) is 3.70. The molecule has 0 rings (SSSR count). The second-order valence-corrected chi connectivity index (χ2v) is 5.25. The summed E-state index contributed by atoms with van der Waals surface area (Å²) in [6, 6.07) is 0.692. The Morgan fingerprint density at radius 2 is 1.78 bits per heavy atom. The minimum Gasteiger partial charge on any atom is -0.382 e. The minimum absolute atomic E-state index is 0.692. The molecule has 0 aliphatic heterocycles. The van der Waals surface area contributed by atoms with Crippen molar-refractivity contribution in [3.05, 3.63) is 0 Å². The second kappa shape index (κ2) is 13.4. The van der Waals surface area contributed by atoms with Crippen molar-refractivity contribution in [3.63, 3.8) is 0 Å². The summed E-state index contributed by atoms with van der Waals surface area (Å²) in [5.41, 5.74) is 0. The lowest BCUT2D eigenvalue weighted by atomic mass is 9.90. The molecule has 2 unspecified atom stereocenters. The summed E-state index contributed by atoms with van der Waals surface area (Å²) in [6.07, 6.45) is 9.24. The monoisotopic (exact) mass is 257 g/mol. The molecule has 0 amide bonds. The van der Waals surface area contributed by atoms with E-state index in [9.17, 15) is 0 Å². The van der Waals surface area contributed by atoms with Gasteiger partial charge in [0.05, 0.1) is 0 Å². The van der Waals surface area contributed by atoms with Crippen LogP contribution in [-0.2, 0) is 4.74 Å². The van der Waals surface area contributed by atoms with Gasteiger partial charge in [0, 0.05) is 19.3 Å². The molecule has 0 aromatic rings. The third kappa shape index (κ3) is 9.90. The molecule has 0 heterocycles. The first-order valence-electron chi connectivity index (χ1n) is 8.09. The van der Waals surface area contributed by atoms with Crippen LogP contribution in [0.1, 0.15) is 72.6 Å². The van der Waals surface area contributed by atoms with E-state index in [0.29, 0.717) is 6.04 Å². The van der Waals surface area contributed by atoms with Gasteiger partial charge in [0.1, 0.15) is 0 Å². The normalized spacial score (nSPS) is 14.7. The van der Waals surface area contributed by atoms with Crippen LogP contribution in [-0.4, -0.2) is 25.8 Å². The van der Waals surface area contributed by atoms with Gasteiger partial charge in [0.25, 0.3) is 0 Å². The van der Waals surface area contributed by atoms with E-state index in [0.717, 1.165) is 25.7 Å². The first kappa shape index (κ1) is 17.9. The maximum atomic E-state index is 5.43. The molecule has 18 heavy (non-hydrogen) atoms. The van der Waals surface area contributed by atoms with Crippen LogP contribution in [0.25, 0.3) is 0 Å². The van der Waals surface area contributed by atoms with Crippen LogP contribution in [0.3, 0.4) is 0 Å². The van der Waals surface area contributed by atoms with Gasteiger partial charge in [-0.1, -0.05) is 46.5 Å². The molecule has 0 saturated heterocycles. The van der Waals surface area contributed by atoms with Crippen molar-refractivity contribution in [2.75, 3.05) is 19.8 Å². The van der Waals surface area contributed by atoms with Crippen LogP contribution in [0.5, 0.6) is 0 Å². The van der Waals surface area contributed by atoms with E-state index in [4.69, 9.17) is 4.74 Å². The average Bonchev–Trinajstić information content (AvgIpc) is 2.39.